The van der Waals surface area contributed by atoms with E-state index in [0.717, 1.165) is 19.3 Å². The van der Waals surface area contributed by atoms with Crippen LogP contribution in [0.4, 0.5) is 0 Å². The molecule has 1 heteroatoms. The Morgan fingerprint density at radius 2 is 2.00 bits per heavy atom. The van der Waals surface area contributed by atoms with Crippen molar-refractivity contribution in [2.75, 3.05) is 6.61 Å². The molecule has 0 aliphatic heterocycles. The monoisotopic (exact) mass is 87.1 g/mol. The van der Waals surface area contributed by atoms with E-state index in [-0.39, 0.29) is 0 Å². The van der Waals surface area contributed by atoms with Gasteiger partial charge in [0.15, 0.2) is 0 Å². The molecule has 0 amide bonds. The van der Waals surface area contributed by atoms with Crippen molar-refractivity contribution in [2.45, 2.75) is 19.3 Å². The first kappa shape index (κ1) is 5.96. The average Bonchev–Trinajstić information content (AvgIpc) is 1.61. The van der Waals surface area contributed by atoms with Crippen molar-refractivity contribution in [3.05, 3.63) is 6.92 Å². The van der Waals surface area contributed by atoms with Crippen LogP contribution in [0.3, 0.4) is 0 Å². The Morgan fingerprint density at radius 1 is 1.33 bits per heavy atom. The minimum absolute atomic E-state index is 0.315. The number of hydrogen-bond donors (Lipinski definition) is 1. The van der Waals surface area contributed by atoms with Crippen LogP contribution in [0.15, 0.2) is 0 Å². The number of aliphatic hydroxyl groups is 1. The van der Waals surface area contributed by atoms with Gasteiger partial charge in [-0.15, -0.1) is 0 Å². The lowest BCUT2D eigenvalue weighted by molar-refractivity contribution is 0.285. The summed E-state index contributed by atoms with van der Waals surface area (Å²) in [5, 5.41) is 8.17. The summed E-state index contributed by atoms with van der Waals surface area (Å²) in [5.74, 6) is 0. The molecule has 0 aromatic rings. The second kappa shape index (κ2) is 4.96. The Bertz CT molecular complexity index is 15.9. The number of hydrogen-bond acceptors (Lipinski definition) is 1. The molecule has 0 aliphatic carbocycles. The summed E-state index contributed by atoms with van der Waals surface area (Å²) in [5.41, 5.74) is 0. The normalized spacial score (nSPS) is 9.00. The van der Waals surface area contributed by atoms with Crippen molar-refractivity contribution in [3.63, 3.8) is 0 Å². The molecule has 37 valence electrons. The third kappa shape index (κ3) is 3.96. The SMILES string of the molecule is [CH2]CCCCO. The second-order valence-electron chi connectivity index (χ2n) is 1.28. The van der Waals surface area contributed by atoms with Crippen LogP contribution in [-0.2, 0) is 0 Å². The zero-order valence-electron chi connectivity index (χ0n) is 3.98. The van der Waals surface area contributed by atoms with Crippen molar-refractivity contribution in [3.8, 4) is 0 Å². The molecule has 0 heterocycles. The summed E-state index contributed by atoms with van der Waals surface area (Å²) in [6, 6.07) is 0. The molecule has 0 bridgehead atoms. The lowest BCUT2D eigenvalue weighted by Gasteiger charge is -1.85. The van der Waals surface area contributed by atoms with Gasteiger partial charge in [-0.25, -0.2) is 0 Å². The number of aliphatic hydroxyl groups excluding tert-OH is 1. The van der Waals surface area contributed by atoms with Crippen molar-refractivity contribution in [2.24, 2.45) is 0 Å². The first-order valence-electron chi connectivity index (χ1n) is 2.32. The van der Waals surface area contributed by atoms with Gasteiger partial charge in [0.25, 0.3) is 0 Å². The molecule has 0 saturated heterocycles. The lowest BCUT2D eigenvalue weighted by atomic mass is 10.3. The Hall–Kier alpha value is -0.0400. The molecule has 0 atom stereocenters. The van der Waals surface area contributed by atoms with Gasteiger partial charge in [-0.05, 0) is 6.42 Å². The van der Waals surface area contributed by atoms with Gasteiger partial charge in [-0.3, -0.25) is 0 Å². The Morgan fingerprint density at radius 3 is 2.17 bits per heavy atom. The zero-order chi connectivity index (χ0) is 4.83. The molecule has 0 aromatic carbocycles. The Kier molecular flexibility index (Phi) is 4.93. The summed E-state index contributed by atoms with van der Waals surface area (Å²) in [7, 11) is 0. The van der Waals surface area contributed by atoms with E-state index in [9.17, 15) is 0 Å². The maximum absolute atomic E-state index is 8.17. The first-order chi connectivity index (χ1) is 2.91. The van der Waals surface area contributed by atoms with Crippen molar-refractivity contribution < 1.29 is 5.11 Å². The van der Waals surface area contributed by atoms with E-state index in [1.54, 1.807) is 0 Å². The van der Waals surface area contributed by atoms with Gasteiger partial charge in [-0.2, -0.15) is 0 Å². The Balaban J connectivity index is 2.34. The van der Waals surface area contributed by atoms with Crippen LogP contribution >= 0.6 is 0 Å². The molecule has 6 heavy (non-hydrogen) atoms. The van der Waals surface area contributed by atoms with Gasteiger partial charge in [-0.1, -0.05) is 19.8 Å². The van der Waals surface area contributed by atoms with E-state index in [2.05, 4.69) is 6.92 Å². The van der Waals surface area contributed by atoms with Gasteiger partial charge in [0.05, 0.1) is 0 Å². The lowest BCUT2D eigenvalue weighted by Crippen LogP contribution is -1.78. The van der Waals surface area contributed by atoms with Crippen molar-refractivity contribution in [1.29, 1.82) is 0 Å². The van der Waals surface area contributed by atoms with E-state index in [1.807, 2.05) is 0 Å². The van der Waals surface area contributed by atoms with E-state index in [0.29, 0.717) is 6.61 Å². The minimum Gasteiger partial charge on any atom is -0.396 e. The molecule has 0 spiro atoms. The Labute approximate surface area is 39.0 Å². The number of unbranched alkanes of at least 4 members (excludes halogenated alkanes) is 2. The molecule has 0 aromatic heterocycles. The van der Waals surface area contributed by atoms with Crippen LogP contribution in [0.2, 0.25) is 0 Å². The van der Waals surface area contributed by atoms with E-state index >= 15 is 0 Å². The molecule has 0 rings (SSSR count). The van der Waals surface area contributed by atoms with Gasteiger partial charge in [0, 0.05) is 6.61 Å². The van der Waals surface area contributed by atoms with Crippen LogP contribution in [0.25, 0.3) is 0 Å². The first-order valence-corrected chi connectivity index (χ1v) is 2.32. The van der Waals surface area contributed by atoms with Gasteiger partial charge >= 0.3 is 0 Å². The molecule has 0 saturated carbocycles. The number of rotatable bonds is 3. The molecule has 0 unspecified atom stereocenters. The summed E-state index contributed by atoms with van der Waals surface area (Å²) in [6.45, 7) is 3.93. The molecule has 0 fully saturated rings. The van der Waals surface area contributed by atoms with Crippen LogP contribution in [0.1, 0.15) is 19.3 Å². The fourth-order valence-electron chi connectivity index (χ4n) is 0.289. The minimum atomic E-state index is 0.315. The molecular formula is C5H11O. The van der Waals surface area contributed by atoms with Crippen LogP contribution in [0.5, 0.6) is 0 Å². The topological polar surface area (TPSA) is 20.2 Å². The summed E-state index contributed by atoms with van der Waals surface area (Å²) in [6.07, 6.45) is 2.90. The fraction of sp³-hybridized carbons (Fsp3) is 0.800. The third-order valence-corrected chi connectivity index (χ3v) is 0.658. The van der Waals surface area contributed by atoms with Gasteiger partial charge < -0.3 is 5.11 Å². The molecule has 1 nitrogen and oxygen atoms in total. The fourth-order valence-corrected chi connectivity index (χ4v) is 0.289. The van der Waals surface area contributed by atoms with Gasteiger partial charge in [0.2, 0.25) is 0 Å². The second-order valence-corrected chi connectivity index (χ2v) is 1.28. The van der Waals surface area contributed by atoms with E-state index in [4.69, 9.17) is 5.11 Å². The zero-order valence-corrected chi connectivity index (χ0v) is 3.98. The predicted octanol–water partition coefficient (Wildman–Crippen LogP) is 0.983. The van der Waals surface area contributed by atoms with Crippen molar-refractivity contribution >= 4 is 0 Å². The van der Waals surface area contributed by atoms with Gasteiger partial charge in [0.1, 0.15) is 0 Å². The highest BCUT2D eigenvalue weighted by Crippen LogP contribution is 1.88. The quantitative estimate of drug-likeness (QED) is 0.509. The smallest absolute Gasteiger partial charge is 0.0431 e. The molecule has 0 aliphatic rings. The third-order valence-electron chi connectivity index (χ3n) is 0.658. The van der Waals surface area contributed by atoms with Crippen LogP contribution in [-0.4, -0.2) is 11.7 Å². The summed E-state index contributed by atoms with van der Waals surface area (Å²) >= 11 is 0. The highest BCUT2D eigenvalue weighted by Gasteiger charge is 1.76. The summed E-state index contributed by atoms with van der Waals surface area (Å²) < 4.78 is 0. The standard InChI is InChI=1S/C5H11O/c1-2-3-4-5-6/h6H,1-5H2. The average molecular weight is 87.1 g/mol. The predicted molar refractivity (Wildman–Crippen MR) is 26.3 cm³/mol. The maximum atomic E-state index is 8.17. The van der Waals surface area contributed by atoms with Crippen molar-refractivity contribution in [1.82, 2.24) is 0 Å². The largest absolute Gasteiger partial charge is 0.396 e. The summed E-state index contributed by atoms with van der Waals surface area (Å²) in [4.78, 5) is 0. The highest BCUT2D eigenvalue weighted by molar-refractivity contribution is 4.38. The van der Waals surface area contributed by atoms with Crippen LogP contribution in [0, 0.1) is 6.92 Å². The molecule has 1 radical (unpaired) electrons. The van der Waals surface area contributed by atoms with E-state index in [1.165, 1.54) is 0 Å². The molecular weight excluding hydrogens is 76.1 g/mol. The van der Waals surface area contributed by atoms with E-state index < -0.39 is 0 Å². The maximum Gasteiger partial charge on any atom is 0.0431 e. The highest BCUT2D eigenvalue weighted by atomic mass is 16.2. The van der Waals surface area contributed by atoms with Crippen LogP contribution < -0.4 is 0 Å². The molecule has 1 N–H and O–H groups in total.